The third kappa shape index (κ3) is 4.19. The van der Waals surface area contributed by atoms with Crippen LogP contribution in [-0.2, 0) is 14.3 Å². The van der Waals surface area contributed by atoms with Crippen LogP contribution in [-0.4, -0.2) is 56.1 Å². The van der Waals surface area contributed by atoms with Gasteiger partial charge in [-0.15, -0.1) is 11.8 Å². The lowest BCUT2D eigenvalue weighted by Crippen LogP contribution is -2.47. The third-order valence-electron chi connectivity index (χ3n) is 3.12. The molecule has 1 unspecified atom stereocenters. The molecule has 6 heteroatoms. The van der Waals surface area contributed by atoms with Gasteiger partial charge < -0.3 is 9.47 Å². The standard InChI is InChI=1S/C14H18FNO3S/c1-18-14(17)12-10-16(6-8-19-12)7-9-20-13-5-3-2-4-11(13)15/h2-5,12H,6-10H2,1H3. The molecule has 1 atom stereocenters. The van der Waals surface area contributed by atoms with Gasteiger partial charge in [-0.2, -0.15) is 0 Å². The summed E-state index contributed by atoms with van der Waals surface area (Å²) in [6, 6.07) is 6.75. The molecule has 1 aromatic rings. The molecule has 1 heterocycles. The Bertz CT molecular complexity index is 458. The van der Waals surface area contributed by atoms with Crippen LogP contribution in [0.3, 0.4) is 0 Å². The number of morpholine rings is 1. The molecular formula is C14H18FNO3S. The lowest BCUT2D eigenvalue weighted by Gasteiger charge is -2.31. The van der Waals surface area contributed by atoms with Crippen molar-refractivity contribution in [3.05, 3.63) is 30.1 Å². The second-order valence-electron chi connectivity index (χ2n) is 4.46. The molecule has 110 valence electrons. The molecule has 1 aromatic carbocycles. The van der Waals surface area contributed by atoms with E-state index in [1.165, 1.54) is 24.9 Å². The fourth-order valence-corrected chi connectivity index (χ4v) is 2.98. The summed E-state index contributed by atoms with van der Waals surface area (Å²) in [7, 11) is 1.36. The van der Waals surface area contributed by atoms with Crippen LogP contribution < -0.4 is 0 Å². The van der Waals surface area contributed by atoms with Crippen LogP contribution in [0.4, 0.5) is 4.39 Å². The number of hydrogen-bond acceptors (Lipinski definition) is 5. The molecular weight excluding hydrogens is 281 g/mol. The molecule has 1 aliphatic rings. The van der Waals surface area contributed by atoms with Gasteiger partial charge in [0.1, 0.15) is 5.82 Å². The number of carbonyl (C=O) groups excluding carboxylic acids is 1. The maximum atomic E-state index is 13.5. The molecule has 1 aliphatic heterocycles. The first-order chi connectivity index (χ1) is 9.70. The summed E-state index contributed by atoms with van der Waals surface area (Å²) in [4.78, 5) is 14.2. The Morgan fingerprint density at radius 2 is 2.35 bits per heavy atom. The number of carbonyl (C=O) groups is 1. The quantitative estimate of drug-likeness (QED) is 0.612. The van der Waals surface area contributed by atoms with Crippen molar-refractivity contribution in [2.75, 3.05) is 39.1 Å². The number of ether oxygens (including phenoxy) is 2. The molecule has 1 fully saturated rings. The Kier molecular flexibility index (Phi) is 5.82. The predicted octanol–water partition coefficient (Wildman–Crippen LogP) is 1.79. The van der Waals surface area contributed by atoms with Crippen LogP contribution in [0.15, 0.2) is 29.2 Å². The van der Waals surface area contributed by atoms with Crippen molar-refractivity contribution in [1.82, 2.24) is 4.90 Å². The van der Waals surface area contributed by atoms with Gasteiger partial charge in [-0.25, -0.2) is 9.18 Å². The van der Waals surface area contributed by atoms with Crippen molar-refractivity contribution in [3.63, 3.8) is 0 Å². The summed E-state index contributed by atoms with van der Waals surface area (Å²) in [5.74, 6) is 0.248. The number of methoxy groups -OCH3 is 1. The number of hydrogen-bond donors (Lipinski definition) is 0. The van der Waals surface area contributed by atoms with Crippen LogP contribution in [0.1, 0.15) is 0 Å². The van der Waals surface area contributed by atoms with Gasteiger partial charge in [-0.05, 0) is 12.1 Å². The van der Waals surface area contributed by atoms with Gasteiger partial charge in [0, 0.05) is 30.3 Å². The SMILES string of the molecule is COC(=O)C1CN(CCSc2ccccc2F)CCO1. The van der Waals surface area contributed by atoms with Gasteiger partial charge in [-0.3, -0.25) is 4.90 Å². The van der Waals surface area contributed by atoms with E-state index in [1.54, 1.807) is 12.1 Å². The lowest BCUT2D eigenvalue weighted by atomic mass is 10.3. The maximum Gasteiger partial charge on any atom is 0.336 e. The minimum Gasteiger partial charge on any atom is -0.467 e. The fourth-order valence-electron chi connectivity index (χ4n) is 2.03. The summed E-state index contributed by atoms with van der Waals surface area (Å²) in [5, 5.41) is 0. The van der Waals surface area contributed by atoms with Gasteiger partial charge in [0.15, 0.2) is 6.10 Å². The average Bonchev–Trinajstić information content (AvgIpc) is 2.49. The van der Waals surface area contributed by atoms with Crippen molar-refractivity contribution in [1.29, 1.82) is 0 Å². The number of rotatable bonds is 5. The topological polar surface area (TPSA) is 38.8 Å². The zero-order valence-electron chi connectivity index (χ0n) is 11.4. The molecule has 20 heavy (non-hydrogen) atoms. The molecule has 0 aromatic heterocycles. The molecule has 0 saturated carbocycles. The number of benzene rings is 1. The Labute approximate surface area is 122 Å². The number of halogens is 1. The van der Waals surface area contributed by atoms with E-state index < -0.39 is 6.10 Å². The van der Waals surface area contributed by atoms with Gasteiger partial charge in [0.2, 0.25) is 0 Å². The third-order valence-corrected chi connectivity index (χ3v) is 4.15. The Morgan fingerprint density at radius 3 is 3.10 bits per heavy atom. The highest BCUT2D eigenvalue weighted by atomic mass is 32.2. The van der Waals surface area contributed by atoms with Crippen molar-refractivity contribution in [2.24, 2.45) is 0 Å². The summed E-state index contributed by atoms with van der Waals surface area (Å²) in [5.41, 5.74) is 0. The van der Waals surface area contributed by atoms with E-state index in [-0.39, 0.29) is 11.8 Å². The summed E-state index contributed by atoms with van der Waals surface area (Å²) in [6.07, 6.45) is -0.507. The maximum absolute atomic E-state index is 13.5. The zero-order valence-corrected chi connectivity index (χ0v) is 12.2. The molecule has 0 spiro atoms. The second kappa shape index (κ2) is 7.61. The van der Waals surface area contributed by atoms with Crippen LogP contribution >= 0.6 is 11.8 Å². The van der Waals surface area contributed by atoms with Gasteiger partial charge >= 0.3 is 5.97 Å². The lowest BCUT2D eigenvalue weighted by molar-refractivity contribution is -0.159. The van der Waals surface area contributed by atoms with Gasteiger partial charge in [0.05, 0.1) is 13.7 Å². The monoisotopic (exact) mass is 299 g/mol. The predicted molar refractivity (Wildman–Crippen MR) is 75.3 cm³/mol. The summed E-state index contributed by atoms with van der Waals surface area (Å²) < 4.78 is 23.5. The Balaban J connectivity index is 1.77. The first-order valence-corrected chi connectivity index (χ1v) is 7.48. The molecule has 0 N–H and O–H groups in total. The van der Waals surface area contributed by atoms with E-state index in [4.69, 9.17) is 4.74 Å². The van der Waals surface area contributed by atoms with Crippen molar-refractivity contribution >= 4 is 17.7 Å². The van der Waals surface area contributed by atoms with E-state index in [9.17, 15) is 9.18 Å². The van der Waals surface area contributed by atoms with E-state index in [0.717, 1.165) is 18.8 Å². The highest BCUT2D eigenvalue weighted by Crippen LogP contribution is 2.21. The zero-order chi connectivity index (χ0) is 14.4. The van der Waals surface area contributed by atoms with E-state index in [0.29, 0.717) is 18.0 Å². The normalized spacial score (nSPS) is 19.8. The first kappa shape index (κ1) is 15.3. The van der Waals surface area contributed by atoms with Crippen LogP contribution in [0.25, 0.3) is 0 Å². The average molecular weight is 299 g/mol. The molecule has 0 aliphatic carbocycles. The van der Waals surface area contributed by atoms with E-state index >= 15 is 0 Å². The molecule has 0 amide bonds. The molecule has 4 nitrogen and oxygen atoms in total. The Morgan fingerprint density at radius 1 is 1.55 bits per heavy atom. The van der Waals surface area contributed by atoms with Crippen molar-refractivity contribution in [3.8, 4) is 0 Å². The molecule has 1 saturated heterocycles. The number of thioether (sulfide) groups is 1. The minimum absolute atomic E-state index is 0.188. The molecule has 0 radical (unpaired) electrons. The van der Waals surface area contributed by atoms with Gasteiger partial charge in [0.25, 0.3) is 0 Å². The number of esters is 1. The van der Waals surface area contributed by atoms with E-state index in [2.05, 4.69) is 9.64 Å². The molecule has 0 bridgehead atoms. The largest absolute Gasteiger partial charge is 0.467 e. The van der Waals surface area contributed by atoms with Crippen LogP contribution in [0.2, 0.25) is 0 Å². The van der Waals surface area contributed by atoms with Crippen LogP contribution in [0, 0.1) is 5.82 Å². The van der Waals surface area contributed by atoms with Crippen LogP contribution in [0.5, 0.6) is 0 Å². The smallest absolute Gasteiger partial charge is 0.336 e. The second-order valence-corrected chi connectivity index (χ2v) is 5.60. The highest BCUT2D eigenvalue weighted by Gasteiger charge is 2.26. The Hall–Kier alpha value is -1.11. The van der Waals surface area contributed by atoms with E-state index in [1.807, 2.05) is 6.07 Å². The fraction of sp³-hybridized carbons (Fsp3) is 0.500. The van der Waals surface area contributed by atoms with Crippen molar-refractivity contribution < 1.29 is 18.7 Å². The highest BCUT2D eigenvalue weighted by molar-refractivity contribution is 7.99. The van der Waals surface area contributed by atoms with Crippen molar-refractivity contribution in [2.45, 2.75) is 11.0 Å². The van der Waals surface area contributed by atoms with Gasteiger partial charge in [-0.1, -0.05) is 12.1 Å². The summed E-state index contributed by atoms with van der Waals surface area (Å²) in [6.45, 7) is 2.62. The molecule has 2 rings (SSSR count). The first-order valence-electron chi connectivity index (χ1n) is 6.50. The minimum atomic E-state index is -0.507. The summed E-state index contributed by atoms with van der Waals surface area (Å²) >= 11 is 1.48. The number of nitrogens with zero attached hydrogens (tertiary/aromatic N) is 1.